The number of carbonyl (C=O) groups is 2. The first-order valence-corrected chi connectivity index (χ1v) is 6.70. The van der Waals surface area contributed by atoms with Crippen molar-refractivity contribution in [2.75, 3.05) is 59.5 Å². The first-order valence-electron chi connectivity index (χ1n) is 6.70. The maximum atomic E-state index is 11.5. The number of hydrogen-bond donors (Lipinski definition) is 2. The lowest BCUT2D eigenvalue weighted by molar-refractivity contribution is -0.121. The van der Waals surface area contributed by atoms with E-state index in [0.717, 1.165) is 39.3 Å². The third-order valence-electron chi connectivity index (χ3n) is 2.94. The number of piperazine rings is 1. The molecule has 110 valence electrons. The molecule has 0 aromatic heterocycles. The van der Waals surface area contributed by atoms with Crippen molar-refractivity contribution in [1.29, 1.82) is 0 Å². The van der Waals surface area contributed by atoms with Crippen LogP contribution in [0.4, 0.5) is 4.79 Å². The first-order chi connectivity index (χ1) is 9.11. The third-order valence-corrected chi connectivity index (χ3v) is 2.94. The highest BCUT2D eigenvalue weighted by Crippen LogP contribution is 1.93. The van der Waals surface area contributed by atoms with Crippen LogP contribution in [0.3, 0.4) is 0 Å². The molecule has 0 aromatic carbocycles. The quantitative estimate of drug-likeness (QED) is 0.652. The molecule has 1 rings (SSSR count). The number of alkyl carbamates (subject to hydrolysis) is 1. The lowest BCUT2D eigenvalue weighted by Crippen LogP contribution is -2.47. The molecule has 0 aliphatic carbocycles. The Bertz CT molecular complexity index is 293. The molecule has 1 fully saturated rings. The molecule has 1 aliphatic rings. The average Bonchev–Trinajstić information content (AvgIpc) is 2.37. The summed E-state index contributed by atoms with van der Waals surface area (Å²) in [7, 11) is 1.87. The standard InChI is InChI=1S/C12H24N4O3/c1-3-19-12(18)14-11(17)10-15(2)8-9-16-6-4-13-5-7-16/h13H,3-10H2,1-2H3,(H,14,17,18). The zero-order valence-electron chi connectivity index (χ0n) is 11.8. The lowest BCUT2D eigenvalue weighted by Gasteiger charge is -2.28. The summed E-state index contributed by atoms with van der Waals surface area (Å²) in [6.45, 7) is 8.03. The topological polar surface area (TPSA) is 73.9 Å². The summed E-state index contributed by atoms with van der Waals surface area (Å²) in [5.41, 5.74) is 0. The normalized spacial score (nSPS) is 16.4. The summed E-state index contributed by atoms with van der Waals surface area (Å²) in [5.74, 6) is -0.332. The van der Waals surface area contributed by atoms with Gasteiger partial charge in [0, 0.05) is 39.3 Å². The van der Waals surface area contributed by atoms with Gasteiger partial charge in [-0.1, -0.05) is 0 Å². The van der Waals surface area contributed by atoms with Gasteiger partial charge in [0.2, 0.25) is 5.91 Å². The second-order valence-electron chi connectivity index (χ2n) is 4.60. The van der Waals surface area contributed by atoms with E-state index in [2.05, 4.69) is 20.3 Å². The number of carbonyl (C=O) groups excluding carboxylic acids is 2. The van der Waals surface area contributed by atoms with Crippen LogP contribution in [0.15, 0.2) is 0 Å². The van der Waals surface area contributed by atoms with E-state index in [1.54, 1.807) is 6.92 Å². The minimum Gasteiger partial charge on any atom is -0.450 e. The van der Waals surface area contributed by atoms with Gasteiger partial charge in [0.25, 0.3) is 0 Å². The Kier molecular flexibility index (Phi) is 7.39. The highest BCUT2D eigenvalue weighted by atomic mass is 16.5. The number of nitrogens with zero attached hydrogens (tertiary/aromatic N) is 2. The van der Waals surface area contributed by atoms with Crippen molar-refractivity contribution in [3.05, 3.63) is 0 Å². The van der Waals surface area contributed by atoms with Crippen LogP contribution >= 0.6 is 0 Å². The van der Waals surface area contributed by atoms with E-state index in [1.165, 1.54) is 0 Å². The first kappa shape index (κ1) is 15.9. The molecule has 0 spiro atoms. The third kappa shape index (κ3) is 7.09. The average molecular weight is 272 g/mol. The fourth-order valence-corrected chi connectivity index (χ4v) is 1.89. The van der Waals surface area contributed by atoms with Crippen molar-refractivity contribution in [2.45, 2.75) is 6.92 Å². The molecule has 2 N–H and O–H groups in total. The van der Waals surface area contributed by atoms with Crippen LogP contribution in [0.5, 0.6) is 0 Å². The van der Waals surface area contributed by atoms with Gasteiger partial charge in [0.15, 0.2) is 0 Å². The van der Waals surface area contributed by atoms with Crippen LogP contribution in [0, 0.1) is 0 Å². The van der Waals surface area contributed by atoms with Crippen LogP contribution in [-0.2, 0) is 9.53 Å². The van der Waals surface area contributed by atoms with Gasteiger partial charge < -0.3 is 10.1 Å². The number of hydrogen-bond acceptors (Lipinski definition) is 6. The molecular weight excluding hydrogens is 248 g/mol. The molecule has 1 heterocycles. The van der Waals surface area contributed by atoms with Gasteiger partial charge in [0.1, 0.15) is 0 Å². The van der Waals surface area contributed by atoms with Crippen LogP contribution in [-0.4, -0.2) is 81.3 Å². The van der Waals surface area contributed by atoms with Crippen LogP contribution in [0.1, 0.15) is 6.92 Å². The van der Waals surface area contributed by atoms with Gasteiger partial charge in [-0.05, 0) is 14.0 Å². The van der Waals surface area contributed by atoms with E-state index in [0.29, 0.717) is 0 Å². The van der Waals surface area contributed by atoms with Gasteiger partial charge in [-0.2, -0.15) is 0 Å². The molecule has 0 atom stereocenters. The Morgan fingerprint density at radius 3 is 2.68 bits per heavy atom. The van der Waals surface area contributed by atoms with Gasteiger partial charge in [-0.25, -0.2) is 4.79 Å². The van der Waals surface area contributed by atoms with E-state index in [1.807, 2.05) is 11.9 Å². The van der Waals surface area contributed by atoms with Crippen molar-refractivity contribution in [2.24, 2.45) is 0 Å². The van der Waals surface area contributed by atoms with Gasteiger partial charge >= 0.3 is 6.09 Å². The zero-order valence-corrected chi connectivity index (χ0v) is 11.8. The number of imide groups is 1. The van der Waals surface area contributed by atoms with Crippen molar-refractivity contribution < 1.29 is 14.3 Å². The summed E-state index contributed by atoms with van der Waals surface area (Å²) in [4.78, 5) is 26.8. The Morgan fingerprint density at radius 2 is 2.05 bits per heavy atom. The second kappa shape index (κ2) is 8.84. The predicted octanol–water partition coefficient (Wildman–Crippen LogP) is -0.904. The van der Waals surface area contributed by atoms with E-state index >= 15 is 0 Å². The molecule has 0 bridgehead atoms. The van der Waals surface area contributed by atoms with Crippen molar-refractivity contribution >= 4 is 12.0 Å². The monoisotopic (exact) mass is 272 g/mol. The number of amides is 2. The number of ether oxygens (including phenoxy) is 1. The maximum Gasteiger partial charge on any atom is 0.413 e. The highest BCUT2D eigenvalue weighted by Gasteiger charge is 2.13. The Hall–Kier alpha value is -1.18. The minimum atomic E-state index is -0.678. The number of nitrogens with one attached hydrogen (secondary N) is 2. The summed E-state index contributed by atoms with van der Waals surface area (Å²) < 4.78 is 4.64. The molecule has 7 heteroatoms. The molecule has 19 heavy (non-hydrogen) atoms. The summed E-state index contributed by atoms with van der Waals surface area (Å²) in [6, 6.07) is 0. The molecule has 2 amide bonds. The van der Waals surface area contributed by atoms with E-state index in [9.17, 15) is 9.59 Å². The number of rotatable bonds is 6. The van der Waals surface area contributed by atoms with E-state index < -0.39 is 6.09 Å². The molecular formula is C12H24N4O3. The van der Waals surface area contributed by atoms with Gasteiger partial charge in [-0.15, -0.1) is 0 Å². The van der Waals surface area contributed by atoms with Crippen molar-refractivity contribution in [1.82, 2.24) is 20.4 Å². The molecule has 0 saturated carbocycles. The molecule has 7 nitrogen and oxygen atoms in total. The fraction of sp³-hybridized carbons (Fsp3) is 0.833. The van der Waals surface area contributed by atoms with Crippen LogP contribution in [0.25, 0.3) is 0 Å². The fourth-order valence-electron chi connectivity index (χ4n) is 1.89. The van der Waals surface area contributed by atoms with Crippen LogP contribution < -0.4 is 10.6 Å². The summed E-state index contributed by atoms with van der Waals surface area (Å²) in [6.07, 6.45) is -0.678. The highest BCUT2D eigenvalue weighted by molar-refractivity contribution is 5.92. The lowest BCUT2D eigenvalue weighted by atomic mass is 10.3. The van der Waals surface area contributed by atoms with Gasteiger partial charge in [0.05, 0.1) is 13.2 Å². The van der Waals surface area contributed by atoms with Crippen LogP contribution in [0.2, 0.25) is 0 Å². The largest absolute Gasteiger partial charge is 0.450 e. The summed E-state index contributed by atoms with van der Waals surface area (Å²) >= 11 is 0. The molecule has 0 unspecified atom stereocenters. The second-order valence-corrected chi connectivity index (χ2v) is 4.60. The predicted molar refractivity (Wildman–Crippen MR) is 72.0 cm³/mol. The Balaban J connectivity index is 2.13. The molecule has 0 radical (unpaired) electrons. The molecule has 1 aliphatic heterocycles. The van der Waals surface area contributed by atoms with E-state index in [4.69, 9.17) is 0 Å². The molecule has 1 saturated heterocycles. The number of likely N-dealkylation sites (N-methyl/N-ethyl adjacent to an activating group) is 1. The Labute approximate surface area is 114 Å². The van der Waals surface area contributed by atoms with Gasteiger partial charge in [-0.3, -0.25) is 19.9 Å². The maximum absolute atomic E-state index is 11.5. The smallest absolute Gasteiger partial charge is 0.413 e. The van der Waals surface area contributed by atoms with E-state index in [-0.39, 0.29) is 19.1 Å². The minimum absolute atomic E-state index is 0.199. The zero-order chi connectivity index (χ0) is 14.1. The summed E-state index contributed by atoms with van der Waals surface area (Å²) in [5, 5.41) is 5.48. The Morgan fingerprint density at radius 1 is 1.37 bits per heavy atom. The molecule has 0 aromatic rings. The van der Waals surface area contributed by atoms with Crippen molar-refractivity contribution in [3.63, 3.8) is 0 Å². The SMILES string of the molecule is CCOC(=O)NC(=O)CN(C)CCN1CCNCC1. The van der Waals surface area contributed by atoms with Crippen molar-refractivity contribution in [3.8, 4) is 0 Å².